The zero-order valence-electron chi connectivity index (χ0n) is 25.0. The minimum Gasteiger partial charge on any atom is -0.444 e. The molecule has 7 nitrogen and oxygen atoms in total. The number of hydrogen-bond donors (Lipinski definition) is 2. The summed E-state index contributed by atoms with van der Waals surface area (Å²) in [5.74, 6) is -0.648. The molecule has 0 saturated carbocycles. The van der Waals surface area contributed by atoms with E-state index in [1.165, 1.54) is 0 Å². The highest BCUT2D eigenvalue weighted by Gasteiger charge is 2.40. The summed E-state index contributed by atoms with van der Waals surface area (Å²) in [5, 5.41) is 5.97. The normalized spacial score (nSPS) is 15.6. The molecule has 1 rings (SSSR count). The molecule has 0 aromatic heterocycles. The Morgan fingerprint density at radius 1 is 0.919 bits per heavy atom. The van der Waals surface area contributed by atoms with E-state index < -0.39 is 23.8 Å². The molecular weight excluding hydrogens is 466 g/mol. The molecule has 0 aliphatic rings. The highest BCUT2D eigenvalue weighted by Crippen LogP contribution is 2.29. The maximum Gasteiger partial charge on any atom is 0.408 e. The van der Waals surface area contributed by atoms with Crippen LogP contribution in [0.3, 0.4) is 0 Å². The molecule has 0 bridgehead atoms. The van der Waals surface area contributed by atoms with Crippen LogP contribution in [-0.4, -0.2) is 46.5 Å². The Morgan fingerprint density at radius 3 is 1.95 bits per heavy atom. The lowest BCUT2D eigenvalue weighted by molar-refractivity contribution is -0.146. The van der Waals surface area contributed by atoms with Gasteiger partial charge >= 0.3 is 6.09 Å². The molecule has 3 amide bonds. The number of amides is 3. The van der Waals surface area contributed by atoms with Crippen LogP contribution >= 0.6 is 0 Å². The number of rotatable bonds is 12. The number of nitrogens with zero attached hydrogens (tertiary/aromatic N) is 1. The molecule has 5 atom stereocenters. The fourth-order valence-corrected chi connectivity index (χ4v) is 4.51. The lowest BCUT2D eigenvalue weighted by atomic mass is 9.93. The van der Waals surface area contributed by atoms with Gasteiger partial charge in [0, 0.05) is 12.1 Å². The zero-order chi connectivity index (χ0) is 28.5. The predicted octanol–water partition coefficient (Wildman–Crippen LogP) is 6.22. The quantitative estimate of drug-likeness (QED) is 0.345. The van der Waals surface area contributed by atoms with Crippen molar-refractivity contribution in [3.63, 3.8) is 0 Å². The molecule has 5 unspecified atom stereocenters. The molecule has 0 heterocycles. The van der Waals surface area contributed by atoms with E-state index in [9.17, 15) is 14.4 Å². The second-order valence-corrected chi connectivity index (χ2v) is 11.5. The van der Waals surface area contributed by atoms with Crippen molar-refractivity contribution in [3.05, 3.63) is 34.9 Å². The van der Waals surface area contributed by atoms with Gasteiger partial charge in [0.1, 0.15) is 17.7 Å². The van der Waals surface area contributed by atoms with Gasteiger partial charge in [-0.05, 0) is 72.8 Å². The van der Waals surface area contributed by atoms with Crippen molar-refractivity contribution >= 4 is 17.9 Å². The van der Waals surface area contributed by atoms with Crippen LogP contribution in [0.25, 0.3) is 0 Å². The lowest BCUT2D eigenvalue weighted by Gasteiger charge is -2.40. The second kappa shape index (κ2) is 14.4. The van der Waals surface area contributed by atoms with Gasteiger partial charge in [-0.2, -0.15) is 0 Å². The number of nitrogens with one attached hydrogen (secondary N) is 2. The molecule has 7 heteroatoms. The first-order valence-corrected chi connectivity index (χ1v) is 13.8. The van der Waals surface area contributed by atoms with Gasteiger partial charge in [0.25, 0.3) is 0 Å². The standard InChI is InChI=1S/C30H51N3O4/c1-12-15-22(7)31-27(34)26(24-17-19(4)16-20(5)18-24)33(23(8)14-3)28(35)25(21(6)13-2)32-29(36)37-30(9,10)11/h16-18,21-23,25-26H,12-15H2,1-11H3,(H,31,34)(H,32,36). The molecule has 0 aliphatic carbocycles. The largest absolute Gasteiger partial charge is 0.444 e. The Balaban J connectivity index is 3.63. The van der Waals surface area contributed by atoms with E-state index in [2.05, 4.69) is 23.6 Å². The van der Waals surface area contributed by atoms with Crippen molar-refractivity contribution < 1.29 is 19.1 Å². The van der Waals surface area contributed by atoms with E-state index in [0.717, 1.165) is 29.5 Å². The van der Waals surface area contributed by atoms with Gasteiger partial charge in [-0.3, -0.25) is 9.59 Å². The van der Waals surface area contributed by atoms with Crippen LogP contribution in [0.15, 0.2) is 18.2 Å². The number of ether oxygens (including phenoxy) is 1. The number of carbonyl (C=O) groups excluding carboxylic acids is 3. The summed E-state index contributed by atoms with van der Waals surface area (Å²) in [6.07, 6.45) is 2.48. The van der Waals surface area contributed by atoms with Gasteiger partial charge in [-0.25, -0.2) is 4.79 Å². The average Bonchev–Trinajstić information content (AvgIpc) is 2.77. The van der Waals surface area contributed by atoms with Crippen molar-refractivity contribution in [2.24, 2.45) is 5.92 Å². The topological polar surface area (TPSA) is 87.7 Å². The summed E-state index contributed by atoms with van der Waals surface area (Å²) in [6.45, 7) is 21.3. The van der Waals surface area contributed by atoms with Crippen molar-refractivity contribution in [1.29, 1.82) is 0 Å². The first-order chi connectivity index (χ1) is 17.1. The maximum atomic E-state index is 14.3. The summed E-state index contributed by atoms with van der Waals surface area (Å²) < 4.78 is 5.48. The van der Waals surface area contributed by atoms with Crippen LogP contribution in [0.4, 0.5) is 4.79 Å². The van der Waals surface area contributed by atoms with Crippen LogP contribution in [-0.2, 0) is 14.3 Å². The molecule has 0 radical (unpaired) electrons. The summed E-state index contributed by atoms with van der Waals surface area (Å²) in [5.41, 5.74) is 2.13. The summed E-state index contributed by atoms with van der Waals surface area (Å²) in [4.78, 5) is 42.6. The van der Waals surface area contributed by atoms with Gasteiger partial charge < -0.3 is 20.3 Å². The molecule has 1 aromatic rings. The Bertz CT molecular complexity index is 888. The summed E-state index contributed by atoms with van der Waals surface area (Å²) in [7, 11) is 0. The SMILES string of the molecule is CCCC(C)NC(=O)C(c1cc(C)cc(C)c1)N(C(=O)C(NC(=O)OC(C)(C)C)C(C)CC)C(C)CC. The summed E-state index contributed by atoms with van der Waals surface area (Å²) in [6, 6.07) is 4.09. The molecule has 0 fully saturated rings. The molecular formula is C30H51N3O4. The van der Waals surface area contributed by atoms with E-state index in [1.807, 2.05) is 60.6 Å². The van der Waals surface area contributed by atoms with Crippen LogP contribution in [0, 0.1) is 19.8 Å². The fraction of sp³-hybridized carbons (Fsp3) is 0.700. The van der Waals surface area contributed by atoms with Crippen molar-refractivity contribution in [3.8, 4) is 0 Å². The molecule has 0 aliphatic heterocycles. The summed E-state index contributed by atoms with van der Waals surface area (Å²) >= 11 is 0. The van der Waals surface area contributed by atoms with E-state index in [0.29, 0.717) is 12.8 Å². The monoisotopic (exact) mass is 517 g/mol. The lowest BCUT2D eigenvalue weighted by Crippen LogP contribution is -2.57. The highest BCUT2D eigenvalue weighted by molar-refractivity contribution is 5.92. The van der Waals surface area contributed by atoms with Crippen molar-refractivity contribution in [2.75, 3.05) is 0 Å². The Labute approximate surface area is 225 Å². The number of carbonyl (C=O) groups is 3. The molecule has 210 valence electrons. The van der Waals surface area contributed by atoms with Crippen molar-refractivity contribution in [2.45, 2.75) is 132 Å². The van der Waals surface area contributed by atoms with Crippen LogP contribution in [0.2, 0.25) is 0 Å². The smallest absolute Gasteiger partial charge is 0.408 e. The van der Waals surface area contributed by atoms with Gasteiger partial charge in [0.05, 0.1) is 0 Å². The van der Waals surface area contributed by atoms with E-state index >= 15 is 0 Å². The molecule has 0 saturated heterocycles. The van der Waals surface area contributed by atoms with Gasteiger partial charge in [-0.1, -0.05) is 69.9 Å². The second-order valence-electron chi connectivity index (χ2n) is 11.5. The third-order valence-electron chi connectivity index (χ3n) is 6.67. The number of hydrogen-bond acceptors (Lipinski definition) is 4. The van der Waals surface area contributed by atoms with Crippen LogP contribution in [0.5, 0.6) is 0 Å². The molecule has 2 N–H and O–H groups in total. The first kappa shape index (κ1) is 32.5. The Hall–Kier alpha value is -2.57. The maximum absolute atomic E-state index is 14.3. The number of aryl methyl sites for hydroxylation is 2. The van der Waals surface area contributed by atoms with Crippen LogP contribution < -0.4 is 10.6 Å². The molecule has 0 spiro atoms. The van der Waals surface area contributed by atoms with Gasteiger partial charge in [-0.15, -0.1) is 0 Å². The number of benzene rings is 1. The Morgan fingerprint density at radius 2 is 1.49 bits per heavy atom. The minimum absolute atomic E-state index is 0.0231. The third-order valence-corrected chi connectivity index (χ3v) is 6.67. The zero-order valence-corrected chi connectivity index (χ0v) is 25.0. The first-order valence-electron chi connectivity index (χ1n) is 13.8. The average molecular weight is 518 g/mol. The number of alkyl carbamates (subject to hydrolysis) is 1. The van der Waals surface area contributed by atoms with E-state index in [-0.39, 0.29) is 29.8 Å². The van der Waals surface area contributed by atoms with Crippen LogP contribution in [0.1, 0.15) is 111 Å². The predicted molar refractivity (Wildman–Crippen MR) is 150 cm³/mol. The minimum atomic E-state index is -0.830. The van der Waals surface area contributed by atoms with Gasteiger partial charge in [0.15, 0.2) is 0 Å². The molecule has 1 aromatic carbocycles. The van der Waals surface area contributed by atoms with Gasteiger partial charge in [0.2, 0.25) is 11.8 Å². The fourth-order valence-electron chi connectivity index (χ4n) is 4.51. The third kappa shape index (κ3) is 10.0. The van der Waals surface area contributed by atoms with E-state index in [1.54, 1.807) is 25.7 Å². The molecule has 37 heavy (non-hydrogen) atoms. The Kier molecular flexibility index (Phi) is 12.6. The van der Waals surface area contributed by atoms with Crippen molar-refractivity contribution in [1.82, 2.24) is 15.5 Å². The highest BCUT2D eigenvalue weighted by atomic mass is 16.6. The van der Waals surface area contributed by atoms with E-state index in [4.69, 9.17) is 4.74 Å².